The van der Waals surface area contributed by atoms with Gasteiger partial charge in [0.25, 0.3) is 5.91 Å². The van der Waals surface area contributed by atoms with Crippen LogP contribution in [0.2, 0.25) is 0 Å². The van der Waals surface area contributed by atoms with Gasteiger partial charge in [-0.3, -0.25) is 9.80 Å². The molecule has 5 rings (SSSR count). The van der Waals surface area contributed by atoms with Crippen molar-refractivity contribution in [2.24, 2.45) is 0 Å². The summed E-state index contributed by atoms with van der Waals surface area (Å²) in [4.78, 5) is 14.1. The Balaban J connectivity index is 1.78. The molecule has 0 aromatic heterocycles. The Morgan fingerprint density at radius 3 is 2.65 bits per heavy atom. The first-order chi connectivity index (χ1) is 17.5. The van der Waals surface area contributed by atoms with E-state index in [0.717, 1.165) is 12.5 Å². The minimum atomic E-state index is -4.77. The van der Waals surface area contributed by atoms with E-state index in [0.29, 0.717) is 32.2 Å². The van der Waals surface area contributed by atoms with Crippen molar-refractivity contribution >= 4 is 17.7 Å². The summed E-state index contributed by atoms with van der Waals surface area (Å²) in [6, 6.07) is 6.57. The Bertz CT molecular complexity index is 1380. The molecule has 1 unspecified atom stereocenters. The van der Waals surface area contributed by atoms with Gasteiger partial charge in [-0.1, -0.05) is 30.2 Å². The topological polar surface area (TPSA) is 67.2 Å². The molecule has 0 bridgehead atoms. The van der Waals surface area contributed by atoms with Crippen molar-refractivity contribution in [3.05, 3.63) is 88.2 Å². The second-order valence-electron chi connectivity index (χ2n) is 8.81. The number of rotatable bonds is 2. The highest BCUT2D eigenvalue weighted by Gasteiger charge is 2.50. The second-order valence-corrected chi connectivity index (χ2v) is 9.80. The Labute approximate surface area is 214 Å². The van der Waals surface area contributed by atoms with Crippen LogP contribution in [0, 0.1) is 18.2 Å². The lowest BCUT2D eigenvalue weighted by molar-refractivity contribution is -0.204. The molecule has 3 atom stereocenters. The van der Waals surface area contributed by atoms with Crippen LogP contribution < -0.4 is 0 Å². The Hall–Kier alpha value is -3.46. The molecular weight excluding hydrogens is 510 g/mol. The van der Waals surface area contributed by atoms with Crippen molar-refractivity contribution in [2.75, 3.05) is 6.67 Å². The summed E-state index contributed by atoms with van der Waals surface area (Å²) in [6.07, 6.45) is 1.98. The van der Waals surface area contributed by atoms with Crippen molar-refractivity contribution in [1.29, 1.82) is 0 Å². The molecule has 3 aliphatic heterocycles. The molecule has 1 saturated heterocycles. The Kier molecular flexibility index (Phi) is 6.22. The molecule has 0 saturated carbocycles. The summed E-state index contributed by atoms with van der Waals surface area (Å²) in [5.41, 5.74) is 1.72. The predicted octanol–water partition coefficient (Wildman–Crippen LogP) is 4.43. The number of terminal acetylenes is 1. The summed E-state index contributed by atoms with van der Waals surface area (Å²) >= 11 is 1.24. The third kappa shape index (κ3) is 4.05. The maximum Gasteiger partial charge on any atom is 0.408 e. The van der Waals surface area contributed by atoms with Crippen molar-refractivity contribution in [2.45, 2.75) is 41.9 Å². The summed E-state index contributed by atoms with van der Waals surface area (Å²) < 4.78 is 56.6. The fourth-order valence-corrected chi connectivity index (χ4v) is 5.91. The molecule has 3 aliphatic rings. The average Bonchev–Trinajstić information content (AvgIpc) is 3.03. The largest absolute Gasteiger partial charge is 0.507 e. The zero-order chi connectivity index (χ0) is 26.6. The number of hydrazine groups is 1. The van der Waals surface area contributed by atoms with Gasteiger partial charge in [-0.2, -0.15) is 18.2 Å². The maximum absolute atomic E-state index is 15.1. The van der Waals surface area contributed by atoms with E-state index in [2.05, 4.69) is 5.92 Å². The first kappa shape index (κ1) is 25.2. The number of hydrogen-bond acceptors (Lipinski definition) is 6. The zero-order valence-electron chi connectivity index (χ0n) is 19.4. The van der Waals surface area contributed by atoms with E-state index in [1.165, 1.54) is 46.2 Å². The highest BCUT2D eigenvalue weighted by molar-refractivity contribution is 7.98. The number of fused-ring (bicyclic) bond motifs is 3. The predicted molar refractivity (Wildman–Crippen MR) is 128 cm³/mol. The number of carbonyl (C=O) groups is 1. The minimum Gasteiger partial charge on any atom is -0.507 e. The van der Waals surface area contributed by atoms with Gasteiger partial charge in [-0.15, -0.1) is 18.2 Å². The highest BCUT2D eigenvalue weighted by atomic mass is 32.2. The van der Waals surface area contributed by atoms with Crippen LogP contribution in [0.5, 0.6) is 0 Å². The number of thioether (sulfide) groups is 1. The van der Waals surface area contributed by atoms with Gasteiger partial charge < -0.3 is 15.1 Å². The summed E-state index contributed by atoms with van der Waals surface area (Å²) in [5.74, 6) is 0.588. The Morgan fingerprint density at radius 1 is 1.22 bits per heavy atom. The lowest BCUT2D eigenvalue weighted by Crippen LogP contribution is -2.62. The van der Waals surface area contributed by atoms with Crippen molar-refractivity contribution in [1.82, 2.24) is 14.9 Å². The van der Waals surface area contributed by atoms with Crippen LogP contribution in [-0.2, 0) is 10.5 Å². The molecule has 0 aliphatic carbocycles. The Morgan fingerprint density at radius 2 is 1.95 bits per heavy atom. The summed E-state index contributed by atoms with van der Waals surface area (Å²) in [6.45, 7) is 0.288. The first-order valence-electron chi connectivity index (χ1n) is 11.3. The number of aliphatic hydroxyl groups excluding tert-OH is 2. The van der Waals surface area contributed by atoms with Crippen LogP contribution >= 0.6 is 11.8 Å². The number of benzene rings is 2. The third-order valence-electron chi connectivity index (χ3n) is 6.73. The SMILES string of the molecule is C#Cc1cccc2c1[C@@H](N1CN([C@H](C)C(F)(F)F)C(=O)C3=C(O)C(O)C=CN31)c1cccc(F)c1SC2. The first-order valence-corrected chi connectivity index (χ1v) is 12.3. The lowest BCUT2D eigenvalue weighted by Gasteiger charge is -2.50. The number of aliphatic hydroxyl groups is 2. The second kappa shape index (κ2) is 9.13. The minimum absolute atomic E-state index is 0.301. The molecule has 11 heteroatoms. The fourth-order valence-electron chi connectivity index (χ4n) is 4.81. The van der Waals surface area contributed by atoms with Gasteiger partial charge >= 0.3 is 6.18 Å². The smallest absolute Gasteiger partial charge is 0.408 e. The van der Waals surface area contributed by atoms with Crippen LogP contribution in [0.3, 0.4) is 0 Å². The van der Waals surface area contributed by atoms with E-state index >= 15 is 4.39 Å². The summed E-state index contributed by atoms with van der Waals surface area (Å²) in [7, 11) is 0. The fraction of sp³-hybridized carbons (Fsp3) is 0.269. The van der Waals surface area contributed by atoms with Crippen molar-refractivity contribution in [3.8, 4) is 12.3 Å². The molecule has 1 amide bonds. The van der Waals surface area contributed by atoms with Gasteiger partial charge in [-0.25, -0.2) is 4.39 Å². The van der Waals surface area contributed by atoms with Gasteiger partial charge in [0.15, 0.2) is 11.5 Å². The molecule has 6 nitrogen and oxygen atoms in total. The van der Waals surface area contributed by atoms with E-state index < -0.39 is 54.2 Å². The monoisotopic (exact) mass is 531 g/mol. The molecule has 37 heavy (non-hydrogen) atoms. The molecule has 0 spiro atoms. The standard InChI is InChI=1S/C26H21F4N3O3S/c1-3-15-6-4-7-16-12-37-24-17(8-5-9-18(24)27)21(20(15)16)33-13-31(14(2)26(28,29)30)25(36)22-23(35)19(34)10-11-32(22)33/h1,4-11,14,19,21,34-35H,12-13H2,2H3/t14-,19?,21+/m1/s1. The highest BCUT2D eigenvalue weighted by Crippen LogP contribution is 2.47. The van der Waals surface area contributed by atoms with Gasteiger partial charge in [0, 0.05) is 22.4 Å². The number of amides is 1. The van der Waals surface area contributed by atoms with Crippen LogP contribution in [0.25, 0.3) is 0 Å². The van der Waals surface area contributed by atoms with E-state index in [4.69, 9.17) is 6.42 Å². The molecular formula is C26H21F4N3O3S. The number of alkyl halides is 3. The number of hydrogen-bond donors (Lipinski definition) is 2. The van der Waals surface area contributed by atoms with E-state index in [1.807, 2.05) is 6.07 Å². The van der Waals surface area contributed by atoms with Gasteiger partial charge in [0.05, 0.1) is 12.7 Å². The van der Waals surface area contributed by atoms with Crippen LogP contribution in [0.1, 0.15) is 35.2 Å². The maximum atomic E-state index is 15.1. The van der Waals surface area contributed by atoms with E-state index in [-0.39, 0.29) is 0 Å². The van der Waals surface area contributed by atoms with Crippen molar-refractivity contribution < 1.29 is 32.6 Å². The number of carbonyl (C=O) groups excluding carboxylic acids is 1. The summed E-state index contributed by atoms with van der Waals surface area (Å²) in [5, 5.41) is 23.5. The van der Waals surface area contributed by atoms with Crippen LogP contribution in [0.15, 0.2) is 65.0 Å². The zero-order valence-corrected chi connectivity index (χ0v) is 20.2. The molecule has 0 radical (unpaired) electrons. The van der Waals surface area contributed by atoms with Gasteiger partial charge in [-0.05, 0) is 41.8 Å². The molecule has 2 aromatic rings. The van der Waals surface area contributed by atoms with Gasteiger partial charge in [0.2, 0.25) is 0 Å². The quantitative estimate of drug-likeness (QED) is 0.442. The number of nitrogens with zero attached hydrogens (tertiary/aromatic N) is 3. The molecule has 2 N–H and O–H groups in total. The average molecular weight is 532 g/mol. The van der Waals surface area contributed by atoms with Crippen LogP contribution in [0.4, 0.5) is 17.6 Å². The molecule has 192 valence electrons. The molecule has 2 aromatic carbocycles. The van der Waals surface area contributed by atoms with Crippen LogP contribution in [-0.4, -0.2) is 56.0 Å². The molecule has 3 heterocycles. The lowest BCUT2D eigenvalue weighted by atomic mass is 9.90. The number of halogens is 4. The van der Waals surface area contributed by atoms with E-state index in [9.17, 15) is 28.2 Å². The third-order valence-corrected chi connectivity index (χ3v) is 7.90. The van der Waals surface area contributed by atoms with E-state index in [1.54, 1.807) is 18.2 Å². The van der Waals surface area contributed by atoms with Gasteiger partial charge in [0.1, 0.15) is 18.0 Å². The van der Waals surface area contributed by atoms with Crippen molar-refractivity contribution in [3.63, 3.8) is 0 Å². The molecule has 1 fully saturated rings. The normalized spacial score (nSPS) is 22.7.